The van der Waals surface area contributed by atoms with E-state index in [0.29, 0.717) is 0 Å². The predicted octanol–water partition coefficient (Wildman–Crippen LogP) is 2.89. The molecule has 0 heterocycles. The predicted molar refractivity (Wildman–Crippen MR) is 61.2 cm³/mol. The first-order chi connectivity index (χ1) is 8.51. The average molecular weight is 259 g/mol. The van der Waals surface area contributed by atoms with Gasteiger partial charge in [-0.2, -0.15) is 0 Å². The van der Waals surface area contributed by atoms with Gasteiger partial charge in [-0.1, -0.05) is 12.7 Å². The third-order valence-electron chi connectivity index (χ3n) is 2.10. The maximum atomic E-state index is 12.1. The summed E-state index contributed by atoms with van der Waals surface area (Å²) in [5.74, 6) is -0.298. The molecule has 0 aliphatic carbocycles. The third-order valence-corrected chi connectivity index (χ3v) is 2.10. The second-order valence-electron chi connectivity index (χ2n) is 3.20. The Kier molecular flexibility index (Phi) is 4.59. The Morgan fingerprint density at radius 2 is 2.22 bits per heavy atom. The molecule has 0 atom stereocenters. The average Bonchev–Trinajstić information content (AvgIpc) is 2.34. The van der Waals surface area contributed by atoms with E-state index in [4.69, 9.17) is 9.47 Å². The Hall–Kier alpha value is -2.18. The fraction of sp³-hybridized carbons (Fsp3) is 0.273. The fourth-order valence-corrected chi connectivity index (χ4v) is 1.37. The van der Waals surface area contributed by atoms with Crippen LogP contribution in [0.1, 0.15) is 5.56 Å². The molecule has 5 nitrogen and oxygen atoms in total. The van der Waals surface area contributed by atoms with Crippen LogP contribution >= 0.6 is 0 Å². The van der Waals surface area contributed by atoms with Gasteiger partial charge in [0.15, 0.2) is 5.75 Å². The third kappa shape index (κ3) is 2.93. The molecule has 0 N–H and O–H groups in total. The van der Waals surface area contributed by atoms with Crippen LogP contribution in [0, 0.1) is 10.1 Å². The molecule has 0 fully saturated rings. The minimum absolute atomic E-state index is 0.0213. The van der Waals surface area contributed by atoms with Gasteiger partial charge in [0.05, 0.1) is 17.6 Å². The highest BCUT2D eigenvalue weighted by Gasteiger charge is 2.25. The standard InChI is InChI=1S/C11H11F2NO4/c1-3-7-4-5-8(17-2)11(10(7)14(15)16)18-6-9(12)13/h3-5,9H,1,6H2,2H3. The zero-order chi connectivity index (χ0) is 13.7. The van der Waals surface area contributed by atoms with Crippen LogP contribution in [0.15, 0.2) is 18.7 Å². The van der Waals surface area contributed by atoms with Gasteiger partial charge in [0, 0.05) is 0 Å². The second kappa shape index (κ2) is 5.95. The minimum atomic E-state index is -2.73. The maximum Gasteiger partial charge on any atom is 0.322 e. The molecule has 1 rings (SSSR count). The number of halogens is 2. The van der Waals surface area contributed by atoms with Crippen molar-refractivity contribution in [3.63, 3.8) is 0 Å². The van der Waals surface area contributed by atoms with E-state index >= 15 is 0 Å². The molecule has 0 saturated carbocycles. The van der Waals surface area contributed by atoms with Gasteiger partial charge in [0.25, 0.3) is 6.43 Å². The number of nitro groups is 1. The molecule has 7 heteroatoms. The van der Waals surface area contributed by atoms with Crippen molar-refractivity contribution >= 4 is 11.8 Å². The number of methoxy groups -OCH3 is 1. The van der Waals surface area contributed by atoms with Crippen LogP contribution in [-0.2, 0) is 0 Å². The van der Waals surface area contributed by atoms with E-state index in [2.05, 4.69) is 6.58 Å². The number of alkyl halides is 2. The van der Waals surface area contributed by atoms with Crippen molar-refractivity contribution in [3.8, 4) is 11.5 Å². The first kappa shape index (κ1) is 13.9. The van der Waals surface area contributed by atoms with Crippen molar-refractivity contribution in [3.05, 3.63) is 34.4 Å². The highest BCUT2D eigenvalue weighted by atomic mass is 19.3. The fourth-order valence-electron chi connectivity index (χ4n) is 1.37. The van der Waals surface area contributed by atoms with Gasteiger partial charge >= 0.3 is 5.69 Å². The Morgan fingerprint density at radius 3 is 2.67 bits per heavy atom. The quantitative estimate of drug-likeness (QED) is 0.582. The van der Waals surface area contributed by atoms with Gasteiger partial charge in [-0.15, -0.1) is 0 Å². The molecule has 0 spiro atoms. The van der Waals surface area contributed by atoms with Gasteiger partial charge in [0.2, 0.25) is 5.75 Å². The molecule has 0 amide bonds. The molecule has 0 aliphatic heterocycles. The molecule has 0 bridgehead atoms. The number of ether oxygens (including phenoxy) is 2. The number of rotatable bonds is 6. The lowest BCUT2D eigenvalue weighted by Crippen LogP contribution is -2.10. The monoisotopic (exact) mass is 259 g/mol. The van der Waals surface area contributed by atoms with Crippen LogP contribution in [0.3, 0.4) is 0 Å². The van der Waals surface area contributed by atoms with Crippen molar-refractivity contribution in [1.82, 2.24) is 0 Å². The molecule has 1 aromatic carbocycles. The maximum absolute atomic E-state index is 12.1. The van der Waals surface area contributed by atoms with Crippen LogP contribution in [0.2, 0.25) is 0 Å². The molecule has 0 aliphatic rings. The van der Waals surface area contributed by atoms with E-state index in [-0.39, 0.29) is 17.1 Å². The van der Waals surface area contributed by atoms with Crippen molar-refractivity contribution in [1.29, 1.82) is 0 Å². The van der Waals surface area contributed by atoms with Gasteiger partial charge in [-0.05, 0) is 12.1 Å². The Bertz CT molecular complexity index is 463. The van der Waals surface area contributed by atoms with Gasteiger partial charge in [0.1, 0.15) is 6.61 Å². The normalized spacial score (nSPS) is 10.2. The molecule has 1 aromatic rings. The summed E-state index contributed by atoms with van der Waals surface area (Å²) in [7, 11) is 1.27. The van der Waals surface area contributed by atoms with Crippen molar-refractivity contribution < 1.29 is 23.2 Å². The minimum Gasteiger partial charge on any atom is -0.493 e. The van der Waals surface area contributed by atoms with Gasteiger partial charge in [-0.3, -0.25) is 10.1 Å². The van der Waals surface area contributed by atoms with Crippen molar-refractivity contribution in [2.24, 2.45) is 0 Å². The molecule has 98 valence electrons. The lowest BCUT2D eigenvalue weighted by Gasteiger charge is -2.11. The van der Waals surface area contributed by atoms with Crippen LogP contribution in [-0.4, -0.2) is 25.1 Å². The van der Waals surface area contributed by atoms with Gasteiger partial charge < -0.3 is 9.47 Å². The number of nitrogens with zero attached hydrogens (tertiary/aromatic N) is 1. The summed E-state index contributed by atoms with van der Waals surface area (Å²) >= 11 is 0. The van der Waals surface area contributed by atoms with E-state index in [1.54, 1.807) is 0 Å². The number of hydrogen-bond acceptors (Lipinski definition) is 4. The lowest BCUT2D eigenvalue weighted by atomic mass is 10.1. The molecule has 0 saturated heterocycles. The summed E-state index contributed by atoms with van der Waals surface area (Å²) in [5.41, 5.74) is -0.268. The van der Waals surface area contributed by atoms with Crippen LogP contribution in [0.25, 0.3) is 6.08 Å². The Balaban J connectivity index is 3.31. The number of nitro benzene ring substituents is 1. The van der Waals surface area contributed by atoms with Crippen LogP contribution in [0.5, 0.6) is 11.5 Å². The summed E-state index contributed by atoms with van der Waals surface area (Å²) < 4.78 is 33.9. The molecule has 0 unspecified atom stereocenters. The van der Waals surface area contributed by atoms with Crippen LogP contribution in [0.4, 0.5) is 14.5 Å². The molecular formula is C11H11F2NO4. The molecular weight excluding hydrogens is 248 g/mol. The van der Waals surface area contributed by atoms with E-state index in [9.17, 15) is 18.9 Å². The smallest absolute Gasteiger partial charge is 0.322 e. The summed E-state index contributed by atoms with van der Waals surface area (Å²) in [5, 5.41) is 10.9. The summed E-state index contributed by atoms with van der Waals surface area (Å²) in [4.78, 5) is 10.2. The first-order valence-corrected chi connectivity index (χ1v) is 4.90. The SMILES string of the molecule is C=Cc1ccc(OC)c(OCC(F)F)c1[N+](=O)[O-]. The number of benzene rings is 1. The topological polar surface area (TPSA) is 61.6 Å². The summed E-state index contributed by atoms with van der Waals surface area (Å²) in [6.45, 7) is 2.47. The lowest BCUT2D eigenvalue weighted by molar-refractivity contribution is -0.386. The Labute approximate surface area is 102 Å². The van der Waals surface area contributed by atoms with Crippen LogP contribution < -0.4 is 9.47 Å². The van der Waals surface area contributed by atoms with Crippen molar-refractivity contribution in [2.75, 3.05) is 13.7 Å². The number of hydrogen-bond donors (Lipinski definition) is 0. The van der Waals surface area contributed by atoms with E-state index in [1.807, 2.05) is 0 Å². The molecule has 0 aromatic heterocycles. The molecule has 0 radical (unpaired) electrons. The zero-order valence-corrected chi connectivity index (χ0v) is 9.56. The van der Waals surface area contributed by atoms with Gasteiger partial charge in [-0.25, -0.2) is 8.78 Å². The van der Waals surface area contributed by atoms with E-state index < -0.39 is 23.6 Å². The molecule has 18 heavy (non-hydrogen) atoms. The first-order valence-electron chi connectivity index (χ1n) is 4.90. The summed E-state index contributed by atoms with van der Waals surface area (Å²) in [6.07, 6.45) is -1.49. The van der Waals surface area contributed by atoms with Crippen molar-refractivity contribution in [2.45, 2.75) is 6.43 Å². The highest BCUT2D eigenvalue weighted by molar-refractivity contribution is 5.69. The van der Waals surface area contributed by atoms with E-state index in [1.165, 1.54) is 25.3 Å². The zero-order valence-electron chi connectivity index (χ0n) is 9.56. The van der Waals surface area contributed by atoms with E-state index in [0.717, 1.165) is 0 Å². The Morgan fingerprint density at radius 1 is 1.56 bits per heavy atom. The highest BCUT2D eigenvalue weighted by Crippen LogP contribution is 2.40. The second-order valence-corrected chi connectivity index (χ2v) is 3.20. The summed E-state index contributed by atoms with van der Waals surface area (Å²) in [6, 6.07) is 2.80. The largest absolute Gasteiger partial charge is 0.493 e.